The van der Waals surface area contributed by atoms with Crippen LogP contribution in [0.5, 0.6) is 0 Å². The molecule has 0 N–H and O–H groups in total. The second kappa shape index (κ2) is 7.02. The van der Waals surface area contributed by atoms with E-state index >= 15 is 0 Å². The molecule has 0 amide bonds. The van der Waals surface area contributed by atoms with Crippen molar-refractivity contribution in [2.45, 2.75) is 29.6 Å². The molecule has 0 saturated heterocycles. The van der Waals surface area contributed by atoms with E-state index in [9.17, 15) is 8.42 Å². The minimum Gasteiger partial charge on any atom is -0.251 e. The summed E-state index contributed by atoms with van der Waals surface area (Å²) in [6, 6.07) is 6.63. The molecule has 0 spiro atoms. The molecular formula is C13H15Br2N3O2S. The number of aryl methyl sites for hydroxylation is 1. The van der Waals surface area contributed by atoms with Crippen molar-refractivity contribution < 1.29 is 8.42 Å². The van der Waals surface area contributed by atoms with Gasteiger partial charge in [-0.15, -0.1) is 5.10 Å². The largest absolute Gasteiger partial charge is 0.251 e. The number of hydrogen-bond acceptors (Lipinski definition) is 4. The quantitative estimate of drug-likeness (QED) is 0.651. The SMILES string of the molecule is CCC(Br)c1cn(CCS(=O)(=O)c2ccc(Br)cc2)nn1. The number of sulfone groups is 1. The highest BCUT2D eigenvalue weighted by Gasteiger charge is 2.16. The number of benzene rings is 1. The van der Waals surface area contributed by atoms with E-state index in [1.807, 2.05) is 6.92 Å². The molecule has 0 aliphatic carbocycles. The monoisotopic (exact) mass is 435 g/mol. The zero-order valence-electron chi connectivity index (χ0n) is 11.4. The van der Waals surface area contributed by atoms with Crippen molar-refractivity contribution >= 4 is 41.7 Å². The van der Waals surface area contributed by atoms with Gasteiger partial charge >= 0.3 is 0 Å². The smallest absolute Gasteiger partial charge is 0.180 e. The highest BCUT2D eigenvalue weighted by Crippen LogP contribution is 2.23. The summed E-state index contributed by atoms with van der Waals surface area (Å²) in [6.07, 6.45) is 2.68. The van der Waals surface area contributed by atoms with Gasteiger partial charge in [0.15, 0.2) is 9.84 Å². The highest BCUT2D eigenvalue weighted by molar-refractivity contribution is 9.10. The van der Waals surface area contributed by atoms with Gasteiger partial charge in [-0.3, -0.25) is 4.68 Å². The lowest BCUT2D eigenvalue weighted by Crippen LogP contribution is -2.13. The summed E-state index contributed by atoms with van der Waals surface area (Å²) in [5, 5.41) is 8.00. The molecule has 0 bridgehead atoms. The molecule has 1 atom stereocenters. The number of hydrogen-bond donors (Lipinski definition) is 0. The van der Waals surface area contributed by atoms with Crippen molar-refractivity contribution in [2.24, 2.45) is 0 Å². The molecule has 1 aromatic heterocycles. The van der Waals surface area contributed by atoms with E-state index < -0.39 is 9.84 Å². The van der Waals surface area contributed by atoms with E-state index in [0.29, 0.717) is 4.90 Å². The standard InChI is InChI=1S/C13H15Br2N3O2S/c1-2-12(15)13-9-18(17-16-13)7-8-21(19,20)11-5-3-10(14)4-6-11/h3-6,9,12H,2,7-8H2,1H3. The van der Waals surface area contributed by atoms with E-state index in [1.165, 1.54) is 0 Å². The molecule has 0 fully saturated rings. The van der Waals surface area contributed by atoms with Gasteiger partial charge in [-0.05, 0) is 30.7 Å². The van der Waals surface area contributed by atoms with Crippen molar-refractivity contribution in [1.82, 2.24) is 15.0 Å². The van der Waals surface area contributed by atoms with Gasteiger partial charge in [-0.2, -0.15) is 0 Å². The van der Waals surface area contributed by atoms with Gasteiger partial charge in [0, 0.05) is 10.7 Å². The van der Waals surface area contributed by atoms with Crippen LogP contribution in [0.1, 0.15) is 23.9 Å². The van der Waals surface area contributed by atoms with E-state index in [0.717, 1.165) is 16.6 Å². The summed E-state index contributed by atoms with van der Waals surface area (Å²) >= 11 is 6.78. The van der Waals surface area contributed by atoms with Gasteiger partial charge in [0.05, 0.1) is 27.7 Å². The summed E-state index contributed by atoms with van der Waals surface area (Å²) in [7, 11) is -3.31. The minimum absolute atomic E-state index is 0.00346. The fraction of sp³-hybridized carbons (Fsp3) is 0.385. The Bertz CT molecular complexity index is 698. The second-order valence-corrected chi connectivity index (χ2v) is 8.69. The first-order valence-corrected chi connectivity index (χ1v) is 9.81. The molecule has 5 nitrogen and oxygen atoms in total. The molecule has 2 aromatic rings. The molecule has 0 aliphatic heterocycles. The maximum Gasteiger partial charge on any atom is 0.180 e. The number of halogens is 2. The Kier molecular flexibility index (Phi) is 5.56. The molecule has 0 aliphatic rings. The third kappa shape index (κ3) is 4.37. The molecule has 2 rings (SSSR count). The molecule has 0 radical (unpaired) electrons. The Balaban J connectivity index is 2.05. The van der Waals surface area contributed by atoms with Crippen LogP contribution >= 0.6 is 31.9 Å². The molecule has 1 aromatic carbocycles. The van der Waals surface area contributed by atoms with Crippen molar-refractivity contribution in [3.05, 3.63) is 40.6 Å². The van der Waals surface area contributed by atoms with E-state index in [2.05, 4.69) is 42.2 Å². The van der Waals surface area contributed by atoms with Crippen LogP contribution in [0.4, 0.5) is 0 Å². The molecule has 8 heteroatoms. The fourth-order valence-electron chi connectivity index (χ4n) is 1.75. The molecular weight excluding hydrogens is 422 g/mol. The van der Waals surface area contributed by atoms with E-state index in [1.54, 1.807) is 35.1 Å². The predicted molar refractivity (Wildman–Crippen MR) is 88.2 cm³/mol. The van der Waals surface area contributed by atoms with Crippen molar-refractivity contribution in [3.8, 4) is 0 Å². The zero-order chi connectivity index (χ0) is 15.5. The van der Waals surface area contributed by atoms with Crippen LogP contribution in [-0.4, -0.2) is 29.2 Å². The highest BCUT2D eigenvalue weighted by atomic mass is 79.9. The van der Waals surface area contributed by atoms with Crippen LogP contribution in [0.15, 0.2) is 39.8 Å². The number of rotatable bonds is 6. The van der Waals surface area contributed by atoms with Gasteiger partial charge < -0.3 is 0 Å². The van der Waals surface area contributed by atoms with Gasteiger partial charge in [-0.25, -0.2) is 8.42 Å². The van der Waals surface area contributed by atoms with Crippen LogP contribution in [0.2, 0.25) is 0 Å². The molecule has 1 heterocycles. The average molecular weight is 437 g/mol. The zero-order valence-corrected chi connectivity index (χ0v) is 15.4. The summed E-state index contributed by atoms with van der Waals surface area (Å²) in [4.78, 5) is 0.465. The van der Waals surface area contributed by atoms with Crippen LogP contribution in [-0.2, 0) is 16.4 Å². The predicted octanol–water partition coefficient (Wildman–Crippen LogP) is 3.36. The minimum atomic E-state index is -3.31. The van der Waals surface area contributed by atoms with Crippen molar-refractivity contribution in [1.29, 1.82) is 0 Å². The fourth-order valence-corrected chi connectivity index (χ4v) is 3.44. The third-order valence-corrected chi connectivity index (χ3v) is 6.35. The summed E-state index contributed by atoms with van der Waals surface area (Å²) in [5.74, 6) is -0.00346. The Labute approximate surface area is 140 Å². The maximum absolute atomic E-state index is 12.2. The van der Waals surface area contributed by atoms with Crippen LogP contribution in [0.25, 0.3) is 0 Å². The van der Waals surface area contributed by atoms with Crippen molar-refractivity contribution in [3.63, 3.8) is 0 Å². The van der Waals surface area contributed by atoms with Crippen LogP contribution in [0, 0.1) is 0 Å². The summed E-state index contributed by atoms with van der Waals surface area (Å²) in [5.41, 5.74) is 0.818. The number of nitrogens with zero attached hydrogens (tertiary/aromatic N) is 3. The molecule has 0 saturated carbocycles. The van der Waals surface area contributed by atoms with E-state index in [4.69, 9.17) is 0 Å². The Hall–Kier alpha value is -0.730. The first kappa shape index (κ1) is 16.6. The van der Waals surface area contributed by atoms with Gasteiger partial charge in [0.25, 0.3) is 0 Å². The lowest BCUT2D eigenvalue weighted by molar-refractivity contribution is 0.575. The molecule has 21 heavy (non-hydrogen) atoms. The van der Waals surface area contributed by atoms with Gasteiger partial charge in [0.2, 0.25) is 0 Å². The van der Waals surface area contributed by atoms with Crippen LogP contribution < -0.4 is 0 Å². The topological polar surface area (TPSA) is 64.8 Å². The normalized spacial score (nSPS) is 13.3. The summed E-state index contributed by atoms with van der Waals surface area (Å²) < 4.78 is 26.9. The van der Waals surface area contributed by atoms with Gasteiger partial charge in [0.1, 0.15) is 0 Å². The Morgan fingerprint density at radius 2 is 1.95 bits per heavy atom. The molecule has 1 unspecified atom stereocenters. The maximum atomic E-state index is 12.2. The lowest BCUT2D eigenvalue weighted by atomic mass is 10.3. The summed E-state index contributed by atoms with van der Waals surface area (Å²) in [6.45, 7) is 2.32. The Morgan fingerprint density at radius 1 is 1.29 bits per heavy atom. The molecule has 114 valence electrons. The van der Waals surface area contributed by atoms with Crippen molar-refractivity contribution in [2.75, 3.05) is 5.75 Å². The lowest BCUT2D eigenvalue weighted by Gasteiger charge is -2.04. The van der Waals surface area contributed by atoms with Gasteiger partial charge in [-0.1, -0.05) is 44.0 Å². The number of aromatic nitrogens is 3. The second-order valence-electron chi connectivity index (χ2n) is 4.56. The average Bonchev–Trinajstić information content (AvgIpc) is 2.94. The number of alkyl halides is 1. The first-order valence-electron chi connectivity index (χ1n) is 6.45. The Morgan fingerprint density at radius 3 is 2.57 bits per heavy atom. The van der Waals surface area contributed by atoms with Crippen LogP contribution in [0.3, 0.4) is 0 Å². The van der Waals surface area contributed by atoms with E-state index in [-0.39, 0.29) is 17.1 Å². The first-order chi connectivity index (χ1) is 9.92. The third-order valence-electron chi connectivity index (χ3n) is 3.00.